The van der Waals surface area contributed by atoms with Crippen LogP contribution in [0.4, 0.5) is 14.5 Å². The lowest BCUT2D eigenvalue weighted by Gasteiger charge is -2.17. The lowest BCUT2D eigenvalue weighted by Crippen LogP contribution is -2.16. The molecule has 44 heavy (non-hydrogen) atoms. The Morgan fingerprint density at radius 1 is 1.02 bits per heavy atom. The standard InChI is InChI=1S/C33H37F2N3O5S/c1-4-5-18-41-19-20-42-28-12-6-24(7-13-28)25-8-16-31(43-33(34)35)26(21-25)9-17-32(39)36-27-10-14-29(15-11-27)44(40)22-30-23(2)38(3)37-30/h6-17,21,33,37H,4-5,18-20,22H2,1-3H3,(H,36,39)/b17-9+. The molecule has 1 aromatic heterocycles. The summed E-state index contributed by atoms with van der Waals surface area (Å²) in [5.41, 5.74) is 4.38. The summed E-state index contributed by atoms with van der Waals surface area (Å²) in [5, 5.41) is 5.83. The Morgan fingerprint density at radius 2 is 1.75 bits per heavy atom. The van der Waals surface area contributed by atoms with E-state index in [1.54, 1.807) is 36.4 Å². The summed E-state index contributed by atoms with van der Waals surface area (Å²) in [6.45, 7) is 2.71. The van der Waals surface area contributed by atoms with Crippen molar-refractivity contribution in [1.29, 1.82) is 0 Å². The van der Waals surface area contributed by atoms with Crippen molar-refractivity contribution in [2.45, 2.75) is 43.9 Å². The van der Waals surface area contributed by atoms with Crippen LogP contribution in [0.2, 0.25) is 0 Å². The maximum atomic E-state index is 13.1. The number of halogens is 2. The molecular weight excluding hydrogens is 588 g/mol. The van der Waals surface area contributed by atoms with Gasteiger partial charge < -0.3 is 24.6 Å². The Hall–Kier alpha value is -4.22. The number of rotatable bonds is 16. The molecule has 0 bridgehead atoms. The zero-order chi connectivity index (χ0) is 31.5. The molecule has 0 aliphatic heterocycles. The molecule has 4 aromatic rings. The van der Waals surface area contributed by atoms with Gasteiger partial charge in [0.25, 0.3) is 0 Å². The number of ether oxygens (including phenoxy) is 3. The van der Waals surface area contributed by atoms with Gasteiger partial charge in [-0.3, -0.25) is 13.7 Å². The summed E-state index contributed by atoms with van der Waals surface area (Å²) < 4.78 is 56.6. The number of hydrogen-bond acceptors (Lipinski definition) is 5. The molecule has 1 atom stereocenters. The lowest BCUT2D eigenvalue weighted by atomic mass is 10.0. The van der Waals surface area contributed by atoms with E-state index in [9.17, 15) is 17.8 Å². The van der Waals surface area contributed by atoms with Crippen LogP contribution in [0, 0.1) is 6.92 Å². The maximum Gasteiger partial charge on any atom is 0.387 e. The third-order valence-corrected chi connectivity index (χ3v) is 8.22. The normalized spacial score (nSPS) is 12.1. The first-order chi connectivity index (χ1) is 21.2. The molecule has 0 radical (unpaired) electrons. The number of hydrogen-bond donors (Lipinski definition) is 2. The second-order valence-electron chi connectivity index (χ2n) is 10.0. The molecule has 0 aliphatic carbocycles. The Labute approximate surface area is 258 Å². The van der Waals surface area contributed by atoms with Crippen LogP contribution in [0.3, 0.4) is 0 Å². The third kappa shape index (κ3) is 9.39. The van der Waals surface area contributed by atoms with Crippen LogP contribution in [0.5, 0.6) is 11.5 Å². The number of H-pyrrole nitrogens is 1. The van der Waals surface area contributed by atoms with Gasteiger partial charge in [-0.2, -0.15) is 8.78 Å². The summed E-state index contributed by atoms with van der Waals surface area (Å²) in [6.07, 6.45) is 4.77. The van der Waals surface area contributed by atoms with E-state index in [0.29, 0.717) is 47.5 Å². The molecule has 11 heteroatoms. The third-order valence-electron chi connectivity index (χ3n) is 6.87. The number of anilines is 1. The molecule has 2 N–H and O–H groups in total. The average Bonchev–Trinajstić information content (AvgIpc) is 3.02. The number of benzene rings is 3. The van der Waals surface area contributed by atoms with Gasteiger partial charge >= 0.3 is 6.61 Å². The van der Waals surface area contributed by atoms with Gasteiger partial charge in [-0.1, -0.05) is 31.5 Å². The van der Waals surface area contributed by atoms with Crippen molar-refractivity contribution in [2.24, 2.45) is 7.05 Å². The highest BCUT2D eigenvalue weighted by Crippen LogP contribution is 2.30. The summed E-state index contributed by atoms with van der Waals surface area (Å²) in [5.74, 6) is 0.548. The number of carbonyl (C=O) groups excluding carboxylic acids is 1. The molecular formula is C33H37F2N3O5S. The Bertz CT molecular complexity index is 1560. The van der Waals surface area contributed by atoms with E-state index in [1.165, 1.54) is 18.2 Å². The summed E-state index contributed by atoms with van der Waals surface area (Å²) in [6, 6.07) is 18.9. The number of amides is 1. The first kappa shape index (κ1) is 32.7. The number of alkyl halides is 2. The number of carbonyl (C=O) groups is 1. The smallest absolute Gasteiger partial charge is 0.387 e. The van der Waals surface area contributed by atoms with Crippen molar-refractivity contribution in [3.63, 3.8) is 0 Å². The SMILES string of the molecule is CCCCOCCOc1ccc(-c2ccc(OC(F)F)c(/C=C/C(=O)Nc3ccc(S(=O)Cc4[nH]n(C)c4C)cc3)c2)cc1. The minimum absolute atomic E-state index is 0.0554. The van der Waals surface area contributed by atoms with Crippen LogP contribution in [0.15, 0.2) is 77.7 Å². The molecule has 0 fully saturated rings. The summed E-state index contributed by atoms with van der Waals surface area (Å²) >= 11 is 0. The van der Waals surface area contributed by atoms with Crippen LogP contribution in [-0.4, -0.2) is 46.3 Å². The molecule has 0 spiro atoms. The molecule has 1 unspecified atom stereocenters. The Balaban J connectivity index is 1.38. The fourth-order valence-electron chi connectivity index (χ4n) is 4.28. The van der Waals surface area contributed by atoms with E-state index in [1.807, 2.05) is 42.9 Å². The summed E-state index contributed by atoms with van der Waals surface area (Å²) in [4.78, 5) is 13.3. The second-order valence-corrected chi connectivity index (χ2v) is 11.5. The molecule has 1 amide bonds. The van der Waals surface area contributed by atoms with Gasteiger partial charge in [0.05, 0.1) is 34.5 Å². The van der Waals surface area contributed by atoms with E-state index in [4.69, 9.17) is 9.47 Å². The maximum absolute atomic E-state index is 13.1. The fraction of sp³-hybridized carbons (Fsp3) is 0.303. The van der Waals surface area contributed by atoms with Crippen molar-refractivity contribution in [2.75, 3.05) is 25.1 Å². The van der Waals surface area contributed by atoms with Crippen molar-refractivity contribution in [3.8, 4) is 22.6 Å². The Morgan fingerprint density at radius 3 is 2.41 bits per heavy atom. The number of aromatic nitrogens is 2. The van der Waals surface area contributed by atoms with Crippen molar-refractivity contribution in [3.05, 3.63) is 89.8 Å². The average molecular weight is 626 g/mol. The monoisotopic (exact) mass is 625 g/mol. The number of nitrogens with zero attached hydrogens (tertiary/aromatic N) is 1. The zero-order valence-electron chi connectivity index (χ0n) is 25.0. The van der Waals surface area contributed by atoms with Crippen LogP contribution in [-0.2, 0) is 33.1 Å². The molecule has 0 saturated carbocycles. The zero-order valence-corrected chi connectivity index (χ0v) is 25.8. The molecule has 3 aromatic carbocycles. The second kappa shape index (κ2) is 16.0. The summed E-state index contributed by atoms with van der Waals surface area (Å²) in [7, 11) is 0.650. The number of aryl methyl sites for hydroxylation is 1. The van der Waals surface area contributed by atoms with Crippen LogP contribution >= 0.6 is 0 Å². The van der Waals surface area contributed by atoms with E-state index in [-0.39, 0.29) is 5.75 Å². The molecule has 1 heterocycles. The quantitative estimate of drug-likeness (QED) is 0.102. The van der Waals surface area contributed by atoms with Crippen LogP contribution in [0.1, 0.15) is 36.7 Å². The first-order valence-electron chi connectivity index (χ1n) is 14.3. The van der Waals surface area contributed by atoms with Crippen molar-refractivity contribution < 1.29 is 32.0 Å². The van der Waals surface area contributed by atoms with E-state index in [0.717, 1.165) is 35.4 Å². The molecule has 8 nitrogen and oxygen atoms in total. The minimum atomic E-state index is -3.02. The van der Waals surface area contributed by atoms with E-state index < -0.39 is 23.3 Å². The van der Waals surface area contributed by atoms with Crippen LogP contribution in [0.25, 0.3) is 17.2 Å². The topological polar surface area (TPSA) is 94.6 Å². The van der Waals surface area contributed by atoms with Gasteiger partial charge in [0.2, 0.25) is 5.91 Å². The van der Waals surface area contributed by atoms with Gasteiger partial charge in [-0.25, -0.2) is 0 Å². The predicted molar refractivity (Wildman–Crippen MR) is 168 cm³/mol. The Kier molecular flexibility index (Phi) is 11.9. The number of unbranched alkanes of at least 4 members (excludes halogenated alkanes) is 1. The largest absolute Gasteiger partial charge is 0.491 e. The van der Waals surface area contributed by atoms with Crippen molar-refractivity contribution in [1.82, 2.24) is 9.78 Å². The fourth-order valence-corrected chi connectivity index (χ4v) is 5.42. The van der Waals surface area contributed by atoms with Gasteiger partial charge in [0.15, 0.2) is 0 Å². The number of nitrogens with one attached hydrogen (secondary N) is 2. The van der Waals surface area contributed by atoms with Gasteiger partial charge in [-0.05, 0) is 79.1 Å². The highest BCUT2D eigenvalue weighted by Gasteiger charge is 2.13. The lowest BCUT2D eigenvalue weighted by molar-refractivity contribution is -0.111. The molecule has 0 aliphatic rings. The van der Waals surface area contributed by atoms with E-state index >= 15 is 0 Å². The van der Waals surface area contributed by atoms with Gasteiger partial charge in [0.1, 0.15) is 18.1 Å². The highest BCUT2D eigenvalue weighted by atomic mass is 32.2. The van der Waals surface area contributed by atoms with Gasteiger partial charge in [0, 0.05) is 35.9 Å². The molecule has 0 saturated heterocycles. The molecule has 4 rings (SSSR count). The predicted octanol–water partition coefficient (Wildman–Crippen LogP) is 7.09. The highest BCUT2D eigenvalue weighted by molar-refractivity contribution is 7.84. The minimum Gasteiger partial charge on any atom is -0.491 e. The molecule has 234 valence electrons. The first-order valence-corrected chi connectivity index (χ1v) is 15.6. The van der Waals surface area contributed by atoms with Crippen LogP contribution < -0.4 is 14.8 Å². The van der Waals surface area contributed by atoms with Gasteiger partial charge in [-0.15, -0.1) is 0 Å². The number of aromatic amines is 1. The van der Waals surface area contributed by atoms with Crippen molar-refractivity contribution >= 4 is 28.5 Å². The van der Waals surface area contributed by atoms with E-state index in [2.05, 4.69) is 22.1 Å².